The van der Waals surface area contributed by atoms with E-state index in [0.717, 1.165) is 25.6 Å². The molecule has 0 spiro atoms. The molecule has 1 unspecified atom stereocenters. The fourth-order valence-corrected chi connectivity index (χ4v) is 1.04. The molecule has 1 heterocycles. The van der Waals surface area contributed by atoms with Crippen LogP contribution in [0.25, 0.3) is 0 Å². The first kappa shape index (κ1) is 6.09. The third-order valence-corrected chi connectivity index (χ3v) is 1.66. The average molecular weight is 113 g/mol. The molecule has 1 rings (SSSR count). The van der Waals surface area contributed by atoms with Gasteiger partial charge in [0.25, 0.3) is 0 Å². The predicted molar refractivity (Wildman–Crippen MR) is 33.5 cm³/mol. The molecule has 1 nitrogen and oxygen atoms in total. The van der Waals surface area contributed by atoms with Crippen LogP contribution in [0.1, 0.15) is 19.3 Å². The molecule has 1 aliphatic heterocycles. The highest BCUT2D eigenvalue weighted by Gasteiger charge is 2.10. The maximum atomic E-state index is 5.23. The van der Waals surface area contributed by atoms with E-state index in [0.29, 0.717) is 0 Å². The summed E-state index contributed by atoms with van der Waals surface area (Å²) >= 11 is 0. The van der Waals surface area contributed by atoms with Crippen molar-refractivity contribution in [3.63, 3.8) is 0 Å². The lowest BCUT2D eigenvalue weighted by Gasteiger charge is -2.19. The molecule has 0 saturated carbocycles. The van der Waals surface area contributed by atoms with Crippen LogP contribution in [0.2, 0.25) is 0 Å². The van der Waals surface area contributed by atoms with E-state index in [-0.39, 0.29) is 0 Å². The summed E-state index contributed by atoms with van der Waals surface area (Å²) in [4.78, 5) is 0. The Hall–Kier alpha value is -0.0400. The molecule has 1 saturated heterocycles. The van der Waals surface area contributed by atoms with E-state index in [4.69, 9.17) is 4.74 Å². The first-order chi connectivity index (χ1) is 3.93. The van der Waals surface area contributed by atoms with Gasteiger partial charge in [-0.2, -0.15) is 0 Å². The van der Waals surface area contributed by atoms with Crippen LogP contribution >= 0.6 is 0 Å². The number of hydrogen-bond acceptors (Lipinski definition) is 1. The quantitative estimate of drug-likeness (QED) is 0.502. The topological polar surface area (TPSA) is 9.23 Å². The van der Waals surface area contributed by atoms with Gasteiger partial charge in [-0.25, -0.2) is 0 Å². The van der Waals surface area contributed by atoms with E-state index >= 15 is 0 Å². The molecule has 1 heteroatoms. The van der Waals surface area contributed by atoms with Gasteiger partial charge in [-0.05, 0) is 25.2 Å². The summed E-state index contributed by atoms with van der Waals surface area (Å²) in [7, 11) is 0. The first-order valence-electron chi connectivity index (χ1n) is 3.30. The van der Waals surface area contributed by atoms with Crippen LogP contribution in [-0.4, -0.2) is 13.2 Å². The third-order valence-electron chi connectivity index (χ3n) is 1.66. The normalized spacial score (nSPS) is 30.4. The largest absolute Gasteiger partial charge is 0.381 e. The van der Waals surface area contributed by atoms with E-state index in [2.05, 4.69) is 6.92 Å². The van der Waals surface area contributed by atoms with E-state index in [1.807, 2.05) is 0 Å². The van der Waals surface area contributed by atoms with Gasteiger partial charge in [0.1, 0.15) is 0 Å². The Morgan fingerprint density at radius 2 is 2.50 bits per heavy atom. The van der Waals surface area contributed by atoms with Crippen LogP contribution in [0, 0.1) is 12.8 Å². The zero-order valence-corrected chi connectivity index (χ0v) is 5.23. The molecule has 0 N–H and O–H groups in total. The molecule has 0 aliphatic carbocycles. The van der Waals surface area contributed by atoms with Crippen molar-refractivity contribution in [1.82, 2.24) is 0 Å². The molecular formula is C7H13O. The summed E-state index contributed by atoms with van der Waals surface area (Å²) in [5.41, 5.74) is 0. The first-order valence-corrected chi connectivity index (χ1v) is 3.30. The van der Waals surface area contributed by atoms with E-state index in [1.54, 1.807) is 0 Å². The summed E-state index contributed by atoms with van der Waals surface area (Å²) in [5, 5.41) is 0. The fraction of sp³-hybridized carbons (Fsp3) is 0.857. The Morgan fingerprint density at radius 3 is 2.88 bits per heavy atom. The molecule has 0 aromatic heterocycles. The summed E-state index contributed by atoms with van der Waals surface area (Å²) in [5.74, 6) is 0.753. The maximum absolute atomic E-state index is 5.23. The second-order valence-electron chi connectivity index (χ2n) is 2.37. The fourth-order valence-electron chi connectivity index (χ4n) is 1.04. The van der Waals surface area contributed by atoms with Gasteiger partial charge in [-0.15, -0.1) is 0 Å². The molecule has 1 fully saturated rings. The van der Waals surface area contributed by atoms with Crippen molar-refractivity contribution in [1.29, 1.82) is 0 Å². The van der Waals surface area contributed by atoms with Crippen molar-refractivity contribution < 1.29 is 4.74 Å². The van der Waals surface area contributed by atoms with E-state index in [1.165, 1.54) is 12.8 Å². The van der Waals surface area contributed by atoms with Crippen molar-refractivity contribution in [2.45, 2.75) is 19.3 Å². The van der Waals surface area contributed by atoms with Gasteiger partial charge in [0, 0.05) is 13.2 Å². The van der Waals surface area contributed by atoms with Crippen LogP contribution < -0.4 is 0 Å². The van der Waals surface area contributed by atoms with Gasteiger partial charge >= 0.3 is 0 Å². The van der Waals surface area contributed by atoms with Crippen molar-refractivity contribution >= 4 is 0 Å². The van der Waals surface area contributed by atoms with Gasteiger partial charge in [0.15, 0.2) is 0 Å². The highest BCUT2D eigenvalue weighted by atomic mass is 16.5. The van der Waals surface area contributed by atoms with E-state index < -0.39 is 0 Å². The van der Waals surface area contributed by atoms with Crippen molar-refractivity contribution in [3.05, 3.63) is 6.92 Å². The Labute approximate surface area is 51.0 Å². The minimum atomic E-state index is 0.753. The lowest BCUT2D eigenvalue weighted by molar-refractivity contribution is 0.0557. The Balaban J connectivity index is 2.13. The molecule has 47 valence electrons. The molecule has 1 atom stereocenters. The zero-order chi connectivity index (χ0) is 5.82. The molecule has 0 bridgehead atoms. The monoisotopic (exact) mass is 113 g/mol. The summed E-state index contributed by atoms with van der Waals surface area (Å²) in [6.07, 6.45) is 3.60. The number of ether oxygens (including phenoxy) is 1. The summed E-state index contributed by atoms with van der Waals surface area (Å²) in [6.45, 7) is 5.75. The minimum Gasteiger partial charge on any atom is -0.381 e. The number of hydrogen-bond donors (Lipinski definition) is 0. The lowest BCUT2D eigenvalue weighted by atomic mass is 10.0. The maximum Gasteiger partial charge on any atom is 0.0494 e. The predicted octanol–water partition coefficient (Wildman–Crippen LogP) is 1.64. The third kappa shape index (κ3) is 1.48. The van der Waals surface area contributed by atoms with Gasteiger partial charge < -0.3 is 4.74 Å². The molecule has 1 radical (unpaired) electrons. The van der Waals surface area contributed by atoms with Crippen molar-refractivity contribution in [3.8, 4) is 0 Å². The van der Waals surface area contributed by atoms with Crippen molar-refractivity contribution in [2.75, 3.05) is 13.2 Å². The van der Waals surface area contributed by atoms with Crippen LogP contribution in [0.5, 0.6) is 0 Å². The molecule has 0 aromatic carbocycles. The van der Waals surface area contributed by atoms with Gasteiger partial charge in [0.2, 0.25) is 0 Å². The summed E-state index contributed by atoms with van der Waals surface area (Å²) < 4.78 is 5.23. The SMILES string of the molecule is [CH2]CC1CCCOC1. The standard InChI is InChI=1S/C7H13O/c1-2-7-4-3-5-8-6-7/h7H,1-6H2. The highest BCUT2D eigenvalue weighted by molar-refractivity contribution is 4.63. The van der Waals surface area contributed by atoms with E-state index in [9.17, 15) is 0 Å². The molecule has 0 amide bonds. The summed E-state index contributed by atoms with van der Waals surface area (Å²) in [6, 6.07) is 0. The minimum absolute atomic E-state index is 0.753. The lowest BCUT2D eigenvalue weighted by Crippen LogP contribution is -2.15. The van der Waals surface area contributed by atoms with Gasteiger partial charge in [-0.1, -0.05) is 6.92 Å². The van der Waals surface area contributed by atoms with Crippen LogP contribution in [0.15, 0.2) is 0 Å². The smallest absolute Gasteiger partial charge is 0.0494 e. The molecular weight excluding hydrogens is 100 g/mol. The Kier molecular flexibility index (Phi) is 2.34. The second-order valence-corrected chi connectivity index (χ2v) is 2.37. The second kappa shape index (κ2) is 3.08. The van der Waals surface area contributed by atoms with Crippen LogP contribution in [-0.2, 0) is 4.74 Å². The van der Waals surface area contributed by atoms with Gasteiger partial charge in [-0.3, -0.25) is 0 Å². The molecule has 0 aromatic rings. The van der Waals surface area contributed by atoms with Crippen LogP contribution in [0.4, 0.5) is 0 Å². The average Bonchev–Trinajstić information content (AvgIpc) is 1.90. The Bertz CT molecular complexity index is 55.4. The highest BCUT2D eigenvalue weighted by Crippen LogP contribution is 2.15. The zero-order valence-electron chi connectivity index (χ0n) is 5.23. The van der Waals surface area contributed by atoms with Crippen LogP contribution in [0.3, 0.4) is 0 Å². The molecule has 1 aliphatic rings. The Morgan fingerprint density at radius 1 is 1.62 bits per heavy atom. The van der Waals surface area contributed by atoms with Gasteiger partial charge in [0.05, 0.1) is 0 Å². The molecule has 8 heavy (non-hydrogen) atoms. The number of rotatable bonds is 1. The van der Waals surface area contributed by atoms with Crippen molar-refractivity contribution in [2.24, 2.45) is 5.92 Å².